The van der Waals surface area contributed by atoms with Gasteiger partial charge in [-0.25, -0.2) is 0 Å². The summed E-state index contributed by atoms with van der Waals surface area (Å²) in [4.78, 5) is 0. The van der Waals surface area contributed by atoms with Gasteiger partial charge >= 0.3 is 6.18 Å². The molecule has 0 radical (unpaired) electrons. The highest BCUT2D eigenvalue weighted by Gasteiger charge is 2.35. The summed E-state index contributed by atoms with van der Waals surface area (Å²) in [6.45, 7) is 0. The van der Waals surface area contributed by atoms with Crippen molar-refractivity contribution in [2.24, 2.45) is 10.8 Å². The maximum absolute atomic E-state index is 12.6. The van der Waals surface area contributed by atoms with E-state index in [0.717, 1.165) is 0 Å². The lowest BCUT2D eigenvalue weighted by atomic mass is 10.1. The summed E-state index contributed by atoms with van der Waals surface area (Å²) in [6, 6.07) is 8.21. The number of rotatable bonds is 3. The first-order valence-corrected chi connectivity index (χ1v) is 5.03. The molecule has 0 heterocycles. The Kier molecular flexibility index (Phi) is 4.45. The van der Waals surface area contributed by atoms with Gasteiger partial charge in [-0.1, -0.05) is 30.3 Å². The number of hydrogen-bond acceptors (Lipinski definition) is 2. The summed E-state index contributed by atoms with van der Waals surface area (Å²) in [5.74, 6) is 0. The smallest absolute Gasteiger partial charge is 0.375 e. The summed E-state index contributed by atoms with van der Waals surface area (Å²) in [5.41, 5.74) is 6.51. The normalized spacial score (nSPS) is 12.3. The molecule has 0 atom stereocenters. The minimum Gasteiger partial charge on any atom is -0.375 e. The Bertz CT molecular complexity index is 415. The van der Waals surface area contributed by atoms with Crippen LogP contribution in [0, 0.1) is 0 Å². The van der Waals surface area contributed by atoms with Gasteiger partial charge in [-0.2, -0.15) is 18.3 Å². The molecule has 0 aliphatic rings. The molecule has 3 nitrogen and oxygen atoms in total. The van der Waals surface area contributed by atoms with Crippen LogP contribution >= 0.6 is 12.2 Å². The molecule has 0 amide bonds. The van der Waals surface area contributed by atoms with Crippen molar-refractivity contribution in [1.29, 1.82) is 0 Å². The maximum atomic E-state index is 12.6. The van der Waals surface area contributed by atoms with Crippen molar-refractivity contribution in [3.05, 3.63) is 35.9 Å². The van der Waals surface area contributed by atoms with Crippen LogP contribution in [0.2, 0.25) is 0 Å². The van der Waals surface area contributed by atoms with Crippen molar-refractivity contribution >= 4 is 23.0 Å². The molecule has 0 aromatic heterocycles. The molecular weight excluding hydrogens is 251 g/mol. The zero-order valence-electron chi connectivity index (χ0n) is 8.66. The van der Waals surface area contributed by atoms with E-state index in [1.54, 1.807) is 30.3 Å². The number of hydrazone groups is 1. The minimum absolute atomic E-state index is 0.306. The van der Waals surface area contributed by atoms with Crippen LogP contribution in [0.1, 0.15) is 5.56 Å². The largest absolute Gasteiger partial charge is 0.431 e. The highest BCUT2D eigenvalue weighted by Crippen LogP contribution is 2.20. The summed E-state index contributed by atoms with van der Waals surface area (Å²) < 4.78 is 37.8. The first-order valence-electron chi connectivity index (χ1n) is 4.62. The van der Waals surface area contributed by atoms with Crippen LogP contribution in [-0.4, -0.2) is 17.0 Å². The number of nitrogens with zero attached hydrogens (tertiary/aromatic N) is 1. The fourth-order valence-corrected chi connectivity index (χ4v) is 1.16. The van der Waals surface area contributed by atoms with Crippen molar-refractivity contribution in [2.75, 3.05) is 0 Å². The van der Waals surface area contributed by atoms with Crippen LogP contribution in [0.3, 0.4) is 0 Å². The Morgan fingerprint density at radius 1 is 1.29 bits per heavy atom. The van der Waals surface area contributed by atoms with Gasteiger partial charge in [0.25, 0.3) is 0 Å². The second kappa shape index (κ2) is 5.62. The molecule has 92 valence electrons. The van der Waals surface area contributed by atoms with E-state index in [4.69, 9.17) is 5.73 Å². The number of hydrogen-bond donors (Lipinski definition) is 2. The number of halogens is 3. The molecule has 1 aromatic rings. The van der Waals surface area contributed by atoms with E-state index >= 15 is 0 Å². The fraction of sp³-hybridized carbons (Fsp3) is 0.200. The summed E-state index contributed by atoms with van der Waals surface area (Å²) in [6.07, 6.45) is -4.85. The molecule has 0 aliphatic carbocycles. The molecule has 3 N–H and O–H groups in total. The Hall–Kier alpha value is -1.63. The lowest BCUT2D eigenvalue weighted by Gasteiger charge is -2.10. The van der Waals surface area contributed by atoms with Gasteiger partial charge in [-0.3, -0.25) is 5.43 Å². The van der Waals surface area contributed by atoms with Gasteiger partial charge in [0.15, 0.2) is 5.11 Å². The molecule has 7 heteroatoms. The molecule has 1 aromatic carbocycles. The van der Waals surface area contributed by atoms with Crippen molar-refractivity contribution in [3.63, 3.8) is 0 Å². The topological polar surface area (TPSA) is 50.4 Å². The third kappa shape index (κ3) is 4.81. The first-order chi connectivity index (χ1) is 7.89. The standard InChI is InChI=1S/C10H10F3N3S/c11-10(12,13)8(15-16-9(14)17)6-7-4-2-1-3-5-7/h1-5H,6H2,(H3,14,16,17)/b15-8+. The van der Waals surface area contributed by atoms with Gasteiger partial charge in [0.1, 0.15) is 5.71 Å². The van der Waals surface area contributed by atoms with Gasteiger partial charge < -0.3 is 5.73 Å². The Morgan fingerprint density at radius 3 is 2.35 bits per heavy atom. The average molecular weight is 261 g/mol. The Morgan fingerprint density at radius 2 is 1.88 bits per heavy atom. The molecule has 1 rings (SSSR count). The zero-order valence-corrected chi connectivity index (χ0v) is 9.48. The predicted molar refractivity (Wildman–Crippen MR) is 63.6 cm³/mol. The van der Waals surface area contributed by atoms with Gasteiger partial charge in [0.2, 0.25) is 0 Å². The van der Waals surface area contributed by atoms with E-state index in [-0.39, 0.29) is 11.5 Å². The van der Waals surface area contributed by atoms with Crippen LogP contribution in [0.4, 0.5) is 13.2 Å². The van der Waals surface area contributed by atoms with Gasteiger partial charge in [0.05, 0.1) is 0 Å². The molecule has 0 fully saturated rings. The molecule has 0 saturated carbocycles. The van der Waals surface area contributed by atoms with E-state index < -0.39 is 11.9 Å². The highest BCUT2D eigenvalue weighted by atomic mass is 32.1. The van der Waals surface area contributed by atoms with Crippen LogP contribution in [0.15, 0.2) is 35.4 Å². The van der Waals surface area contributed by atoms with E-state index in [2.05, 4.69) is 17.3 Å². The molecule has 0 saturated heterocycles. The van der Waals surface area contributed by atoms with Crippen LogP contribution in [-0.2, 0) is 6.42 Å². The zero-order chi connectivity index (χ0) is 12.9. The van der Waals surface area contributed by atoms with E-state index in [0.29, 0.717) is 5.56 Å². The number of nitrogens with one attached hydrogen (secondary N) is 1. The molecule has 0 bridgehead atoms. The molecule has 17 heavy (non-hydrogen) atoms. The summed E-state index contributed by atoms with van der Waals surface area (Å²) in [5, 5.41) is 2.86. The number of nitrogens with two attached hydrogens (primary N) is 1. The SMILES string of the molecule is NC(=S)N/N=C(\Cc1ccccc1)C(F)(F)F. The number of alkyl halides is 3. The lowest BCUT2D eigenvalue weighted by Crippen LogP contribution is -2.31. The molecular formula is C10H10F3N3S. The van der Waals surface area contributed by atoms with Gasteiger partial charge in [0, 0.05) is 6.42 Å². The predicted octanol–water partition coefficient (Wildman–Crippen LogP) is 1.98. The molecule has 0 spiro atoms. The number of thiocarbonyl (C=S) groups is 1. The van der Waals surface area contributed by atoms with E-state index in [9.17, 15) is 13.2 Å². The molecule has 0 aliphatic heterocycles. The van der Waals surface area contributed by atoms with E-state index in [1.165, 1.54) is 0 Å². The number of benzene rings is 1. The molecule has 0 unspecified atom stereocenters. The Labute approximate surface area is 102 Å². The average Bonchev–Trinajstić information content (AvgIpc) is 2.23. The Balaban J connectivity index is 2.86. The maximum Gasteiger partial charge on any atom is 0.431 e. The summed E-state index contributed by atoms with van der Waals surface area (Å²) >= 11 is 4.39. The second-order valence-electron chi connectivity index (χ2n) is 3.19. The lowest BCUT2D eigenvalue weighted by molar-refractivity contribution is -0.0604. The van der Waals surface area contributed by atoms with Crippen LogP contribution in [0.5, 0.6) is 0 Å². The van der Waals surface area contributed by atoms with Crippen molar-refractivity contribution < 1.29 is 13.2 Å². The summed E-state index contributed by atoms with van der Waals surface area (Å²) in [7, 11) is 0. The minimum atomic E-state index is -4.52. The van der Waals surface area contributed by atoms with Crippen molar-refractivity contribution in [3.8, 4) is 0 Å². The third-order valence-corrected chi connectivity index (χ3v) is 1.93. The van der Waals surface area contributed by atoms with Crippen LogP contribution in [0.25, 0.3) is 0 Å². The fourth-order valence-electron chi connectivity index (χ4n) is 1.11. The van der Waals surface area contributed by atoms with E-state index in [1.807, 2.05) is 5.43 Å². The third-order valence-electron chi connectivity index (χ3n) is 1.84. The van der Waals surface area contributed by atoms with Gasteiger partial charge in [-0.05, 0) is 17.8 Å². The second-order valence-corrected chi connectivity index (χ2v) is 3.63. The van der Waals surface area contributed by atoms with Gasteiger partial charge in [-0.15, -0.1) is 0 Å². The van der Waals surface area contributed by atoms with Crippen LogP contribution < -0.4 is 11.2 Å². The van der Waals surface area contributed by atoms with Crippen molar-refractivity contribution in [2.45, 2.75) is 12.6 Å². The highest BCUT2D eigenvalue weighted by molar-refractivity contribution is 7.80. The monoisotopic (exact) mass is 261 g/mol. The first kappa shape index (κ1) is 13.4. The quantitative estimate of drug-likeness (QED) is 0.497. The van der Waals surface area contributed by atoms with Crippen molar-refractivity contribution in [1.82, 2.24) is 5.43 Å².